The lowest BCUT2D eigenvalue weighted by Crippen LogP contribution is -2.39. The number of aromatic nitrogens is 2. The van der Waals surface area contributed by atoms with E-state index in [9.17, 15) is 4.79 Å². The summed E-state index contributed by atoms with van der Waals surface area (Å²) in [5.41, 5.74) is 1.76. The monoisotopic (exact) mass is 274 g/mol. The molecule has 1 amide bonds. The second-order valence-corrected chi connectivity index (χ2v) is 6.20. The van der Waals surface area contributed by atoms with Gasteiger partial charge in [0.05, 0.1) is 0 Å². The molecule has 2 bridgehead atoms. The molecule has 0 aliphatic carbocycles. The molecule has 3 rings (SSSR count). The number of anilines is 1. The number of fused-ring (bicyclic) bond motifs is 2. The molecule has 1 aromatic heterocycles. The molecule has 2 aliphatic rings. The maximum Gasteiger partial charge on any atom is 0.229 e. The molecule has 3 heterocycles. The van der Waals surface area contributed by atoms with E-state index in [-0.39, 0.29) is 5.91 Å². The van der Waals surface area contributed by atoms with E-state index in [0.717, 1.165) is 24.2 Å². The van der Waals surface area contributed by atoms with Gasteiger partial charge in [0.15, 0.2) is 0 Å². The van der Waals surface area contributed by atoms with Crippen LogP contribution in [-0.4, -0.2) is 28.0 Å². The summed E-state index contributed by atoms with van der Waals surface area (Å²) in [6.07, 6.45) is 5.37. The summed E-state index contributed by atoms with van der Waals surface area (Å²) >= 11 is 0. The molecule has 0 radical (unpaired) electrons. The van der Waals surface area contributed by atoms with E-state index >= 15 is 0 Å². The van der Waals surface area contributed by atoms with Gasteiger partial charge < -0.3 is 5.32 Å². The molecular weight excluding hydrogens is 252 g/mol. The van der Waals surface area contributed by atoms with E-state index < -0.39 is 0 Å². The Hall–Kier alpha value is -1.49. The summed E-state index contributed by atoms with van der Waals surface area (Å²) in [6, 6.07) is 3.16. The normalized spacial score (nSPS) is 28.4. The highest BCUT2D eigenvalue weighted by atomic mass is 16.1. The minimum atomic E-state index is 0.0429. The summed E-state index contributed by atoms with van der Waals surface area (Å²) in [5.74, 6) is 0.977. The number of hydrogen-bond donors (Lipinski definition) is 2. The third-order valence-corrected chi connectivity index (χ3v) is 4.28. The molecule has 5 heteroatoms. The van der Waals surface area contributed by atoms with Crippen LogP contribution in [0.5, 0.6) is 0 Å². The molecule has 0 spiro atoms. The lowest BCUT2D eigenvalue weighted by atomic mass is 9.89. The first-order valence-electron chi connectivity index (χ1n) is 7.46. The van der Waals surface area contributed by atoms with Crippen molar-refractivity contribution >= 4 is 11.9 Å². The fraction of sp³-hybridized carbons (Fsp3) is 0.667. The predicted octanol–water partition coefficient (Wildman–Crippen LogP) is 1.95. The van der Waals surface area contributed by atoms with Crippen molar-refractivity contribution in [3.8, 4) is 0 Å². The molecule has 2 N–H and O–H groups in total. The number of rotatable bonds is 3. The lowest BCUT2D eigenvalue weighted by Gasteiger charge is -2.28. The average Bonchev–Trinajstić information content (AvgIpc) is 2.67. The number of carbonyl (C=O) groups is 1. The Morgan fingerprint density at radius 1 is 1.25 bits per heavy atom. The highest BCUT2D eigenvalue weighted by Gasteiger charge is 2.34. The van der Waals surface area contributed by atoms with Crippen LogP contribution < -0.4 is 10.6 Å². The standard InChI is InChI=1S/C15H22N4O/c1-9-5-10(2)17-15(16-9)19-14(20)8-11-6-12-3-4-13(7-11)18-12/h5,11-13,18H,3-4,6-8H2,1-2H3,(H,16,17,19,20). The van der Waals surface area contributed by atoms with Crippen LogP contribution in [0.2, 0.25) is 0 Å². The second kappa shape index (κ2) is 5.48. The van der Waals surface area contributed by atoms with Crippen LogP contribution in [0, 0.1) is 19.8 Å². The number of hydrogen-bond acceptors (Lipinski definition) is 4. The number of carbonyl (C=O) groups excluding carboxylic acids is 1. The van der Waals surface area contributed by atoms with Crippen LogP contribution in [-0.2, 0) is 4.79 Å². The third kappa shape index (κ3) is 3.15. The molecule has 108 valence electrons. The zero-order chi connectivity index (χ0) is 14.1. The minimum Gasteiger partial charge on any atom is -0.311 e. The van der Waals surface area contributed by atoms with E-state index in [1.54, 1.807) is 0 Å². The van der Waals surface area contributed by atoms with Gasteiger partial charge >= 0.3 is 0 Å². The molecule has 2 aliphatic heterocycles. The summed E-state index contributed by atoms with van der Waals surface area (Å²) in [7, 11) is 0. The van der Waals surface area contributed by atoms with E-state index in [1.807, 2.05) is 19.9 Å². The van der Waals surface area contributed by atoms with Crippen molar-refractivity contribution in [2.45, 2.75) is 58.0 Å². The van der Waals surface area contributed by atoms with Gasteiger partial charge in [0.25, 0.3) is 0 Å². The van der Waals surface area contributed by atoms with Gasteiger partial charge in [-0.3, -0.25) is 10.1 Å². The van der Waals surface area contributed by atoms with Crippen LogP contribution in [0.15, 0.2) is 6.07 Å². The van der Waals surface area contributed by atoms with Crippen LogP contribution in [0.4, 0.5) is 5.95 Å². The van der Waals surface area contributed by atoms with Crippen LogP contribution >= 0.6 is 0 Å². The molecule has 2 unspecified atom stereocenters. The lowest BCUT2D eigenvalue weighted by molar-refractivity contribution is -0.117. The van der Waals surface area contributed by atoms with Crippen molar-refractivity contribution in [3.63, 3.8) is 0 Å². The number of nitrogens with one attached hydrogen (secondary N) is 2. The van der Waals surface area contributed by atoms with Gasteiger partial charge in [0.2, 0.25) is 11.9 Å². The Balaban J connectivity index is 1.57. The van der Waals surface area contributed by atoms with Crippen molar-refractivity contribution in [1.29, 1.82) is 0 Å². The Labute approximate surface area is 119 Å². The van der Waals surface area contributed by atoms with Crippen molar-refractivity contribution in [2.75, 3.05) is 5.32 Å². The molecule has 2 atom stereocenters. The van der Waals surface area contributed by atoms with Crippen molar-refractivity contribution in [3.05, 3.63) is 17.5 Å². The quantitative estimate of drug-likeness (QED) is 0.884. The van der Waals surface area contributed by atoms with Gasteiger partial charge in [-0.05, 0) is 51.5 Å². The molecule has 5 nitrogen and oxygen atoms in total. The zero-order valence-corrected chi connectivity index (χ0v) is 12.1. The topological polar surface area (TPSA) is 66.9 Å². The first-order chi connectivity index (χ1) is 9.58. The Kier molecular flexibility index (Phi) is 3.70. The molecule has 0 saturated carbocycles. The highest BCUT2D eigenvalue weighted by Crippen LogP contribution is 2.32. The zero-order valence-electron chi connectivity index (χ0n) is 12.1. The van der Waals surface area contributed by atoms with Gasteiger partial charge in [-0.2, -0.15) is 0 Å². The summed E-state index contributed by atoms with van der Waals surface area (Å²) in [5, 5.41) is 6.44. The fourth-order valence-corrected chi connectivity index (χ4v) is 3.56. The van der Waals surface area contributed by atoms with Crippen LogP contribution in [0.25, 0.3) is 0 Å². The number of amides is 1. The van der Waals surface area contributed by atoms with E-state index in [4.69, 9.17) is 0 Å². The molecule has 0 aromatic carbocycles. The van der Waals surface area contributed by atoms with Gasteiger partial charge in [-0.15, -0.1) is 0 Å². The predicted molar refractivity (Wildman–Crippen MR) is 77.4 cm³/mol. The van der Waals surface area contributed by atoms with Crippen molar-refractivity contribution < 1.29 is 4.79 Å². The van der Waals surface area contributed by atoms with E-state index in [2.05, 4.69) is 20.6 Å². The van der Waals surface area contributed by atoms with E-state index in [1.165, 1.54) is 12.8 Å². The van der Waals surface area contributed by atoms with Crippen LogP contribution in [0.1, 0.15) is 43.5 Å². The number of nitrogens with zero attached hydrogens (tertiary/aromatic N) is 2. The summed E-state index contributed by atoms with van der Waals surface area (Å²) < 4.78 is 0. The molecule has 20 heavy (non-hydrogen) atoms. The smallest absolute Gasteiger partial charge is 0.229 e. The second-order valence-electron chi connectivity index (χ2n) is 6.20. The molecular formula is C15H22N4O. The maximum atomic E-state index is 12.1. The highest BCUT2D eigenvalue weighted by molar-refractivity contribution is 5.89. The van der Waals surface area contributed by atoms with Crippen molar-refractivity contribution in [2.24, 2.45) is 5.92 Å². The van der Waals surface area contributed by atoms with Crippen molar-refractivity contribution in [1.82, 2.24) is 15.3 Å². The van der Waals surface area contributed by atoms with Gasteiger partial charge in [0, 0.05) is 29.9 Å². The first-order valence-corrected chi connectivity index (χ1v) is 7.46. The Morgan fingerprint density at radius 3 is 2.45 bits per heavy atom. The summed E-state index contributed by atoms with van der Waals surface area (Å²) in [6.45, 7) is 3.82. The number of piperidine rings is 1. The molecule has 2 fully saturated rings. The van der Waals surface area contributed by atoms with Crippen LogP contribution in [0.3, 0.4) is 0 Å². The minimum absolute atomic E-state index is 0.0429. The maximum absolute atomic E-state index is 12.1. The molecule has 1 aromatic rings. The largest absolute Gasteiger partial charge is 0.311 e. The van der Waals surface area contributed by atoms with E-state index in [0.29, 0.717) is 30.4 Å². The summed E-state index contributed by atoms with van der Waals surface area (Å²) in [4.78, 5) is 20.6. The van der Waals surface area contributed by atoms with Gasteiger partial charge in [0.1, 0.15) is 0 Å². The fourth-order valence-electron chi connectivity index (χ4n) is 3.56. The average molecular weight is 274 g/mol. The van der Waals surface area contributed by atoms with Gasteiger partial charge in [-0.1, -0.05) is 0 Å². The Bertz CT molecular complexity index is 484. The molecule has 2 saturated heterocycles. The Morgan fingerprint density at radius 2 is 1.85 bits per heavy atom. The SMILES string of the molecule is Cc1cc(C)nc(NC(=O)CC2CC3CCC(C2)N3)n1. The first kappa shape index (κ1) is 13.5. The number of aryl methyl sites for hydroxylation is 2. The van der Waals surface area contributed by atoms with Gasteiger partial charge in [-0.25, -0.2) is 9.97 Å². The third-order valence-electron chi connectivity index (χ3n) is 4.28.